The molecule has 188 valence electrons. The Kier molecular flexibility index (Phi) is 6.56. The van der Waals surface area contributed by atoms with Crippen LogP contribution in [0.2, 0.25) is 0 Å². The lowest BCUT2D eigenvalue weighted by molar-refractivity contribution is 0.0955. The van der Waals surface area contributed by atoms with Crippen LogP contribution in [0, 0.1) is 19.7 Å². The number of halogens is 2. The van der Waals surface area contributed by atoms with Crippen LogP contribution in [0.1, 0.15) is 38.4 Å². The second kappa shape index (κ2) is 9.82. The van der Waals surface area contributed by atoms with Gasteiger partial charge in [-0.05, 0) is 60.7 Å². The van der Waals surface area contributed by atoms with Crippen molar-refractivity contribution in [3.8, 4) is 0 Å². The van der Waals surface area contributed by atoms with Gasteiger partial charge >= 0.3 is 0 Å². The summed E-state index contributed by atoms with van der Waals surface area (Å²) in [6, 6.07) is 17.0. The van der Waals surface area contributed by atoms with Gasteiger partial charge in [-0.25, -0.2) is 14.4 Å². The van der Waals surface area contributed by atoms with E-state index in [1.54, 1.807) is 24.5 Å². The lowest BCUT2D eigenvalue weighted by atomic mass is 10.00. The average Bonchev–Trinajstić information content (AvgIpc) is 3.52. The van der Waals surface area contributed by atoms with Gasteiger partial charge in [0.2, 0.25) is 0 Å². The Bertz CT molecular complexity index is 1610. The monoisotopic (exact) mass is 515 g/mol. The quantitative estimate of drug-likeness (QED) is 0.307. The smallest absolute Gasteiger partial charge is 0.281 e. The summed E-state index contributed by atoms with van der Waals surface area (Å²) in [6.45, 7) is 6.17. The molecule has 0 saturated heterocycles. The minimum absolute atomic E-state index is 0. The first-order chi connectivity index (χ1) is 17.5. The number of hydrogen-bond acceptors (Lipinski definition) is 4. The summed E-state index contributed by atoms with van der Waals surface area (Å²) in [4.78, 5) is 24.6. The van der Waals surface area contributed by atoms with Crippen molar-refractivity contribution < 1.29 is 9.18 Å². The fraction of sp³-hybridized carbons (Fsp3) is 0.207. The maximum atomic E-state index is 14.0. The largest absolute Gasteiger partial charge is 0.350 e. The minimum atomic E-state index is -0.252. The molecule has 6 nitrogen and oxygen atoms in total. The topological polar surface area (TPSA) is 56.0 Å². The van der Waals surface area contributed by atoms with E-state index < -0.39 is 0 Å². The van der Waals surface area contributed by atoms with Crippen molar-refractivity contribution in [1.82, 2.24) is 19.1 Å². The summed E-state index contributed by atoms with van der Waals surface area (Å²) in [7, 11) is 0. The number of nitrogens with zero attached hydrogens (tertiary/aromatic N) is 5. The van der Waals surface area contributed by atoms with E-state index in [2.05, 4.69) is 52.6 Å². The molecule has 1 aliphatic heterocycles. The van der Waals surface area contributed by atoms with Crippen LogP contribution in [0.15, 0.2) is 73.3 Å². The zero-order valence-corrected chi connectivity index (χ0v) is 21.5. The SMILES string of the molecule is Cc1c(C)n(Cc2cccc(F)c2)c2c(N3CCc4ccccc4C3)nc(C(=O)n3ccnc3)cc12.Cl. The third-order valence-electron chi connectivity index (χ3n) is 7.21. The van der Waals surface area contributed by atoms with Crippen molar-refractivity contribution in [3.05, 3.63) is 113 Å². The molecule has 6 rings (SSSR count). The Balaban J connectivity index is 0.00000280. The number of aromatic nitrogens is 4. The molecule has 0 bridgehead atoms. The molecular formula is C29H27ClFN5O. The van der Waals surface area contributed by atoms with Gasteiger partial charge in [0, 0.05) is 43.1 Å². The van der Waals surface area contributed by atoms with Crippen LogP contribution in [-0.4, -0.2) is 31.6 Å². The van der Waals surface area contributed by atoms with Gasteiger partial charge in [0.05, 0.1) is 5.52 Å². The highest BCUT2D eigenvalue weighted by Gasteiger charge is 2.26. The highest BCUT2D eigenvalue weighted by molar-refractivity contribution is 6.02. The third kappa shape index (κ3) is 4.40. The van der Waals surface area contributed by atoms with Crippen molar-refractivity contribution in [2.24, 2.45) is 0 Å². The second-order valence-electron chi connectivity index (χ2n) is 9.37. The molecule has 37 heavy (non-hydrogen) atoms. The number of pyridine rings is 1. The van der Waals surface area contributed by atoms with Crippen LogP contribution in [0.4, 0.5) is 10.2 Å². The van der Waals surface area contributed by atoms with Gasteiger partial charge in [-0.1, -0.05) is 36.4 Å². The number of hydrogen-bond donors (Lipinski definition) is 0. The number of rotatable bonds is 4. The fourth-order valence-electron chi connectivity index (χ4n) is 5.18. The Hall–Kier alpha value is -3.97. The molecule has 0 amide bonds. The number of aryl methyl sites for hydroxylation is 1. The molecule has 0 spiro atoms. The number of benzene rings is 2. The van der Waals surface area contributed by atoms with Crippen LogP contribution < -0.4 is 4.90 Å². The molecule has 8 heteroatoms. The highest BCUT2D eigenvalue weighted by atomic mass is 35.5. The normalized spacial score (nSPS) is 12.9. The number of carbonyl (C=O) groups is 1. The van der Waals surface area contributed by atoms with Crippen LogP contribution >= 0.6 is 12.4 Å². The van der Waals surface area contributed by atoms with Crippen molar-refractivity contribution in [2.75, 3.05) is 11.4 Å². The van der Waals surface area contributed by atoms with Crippen molar-refractivity contribution in [1.29, 1.82) is 0 Å². The lowest BCUT2D eigenvalue weighted by Gasteiger charge is -2.31. The molecule has 0 atom stereocenters. The van der Waals surface area contributed by atoms with E-state index in [0.29, 0.717) is 18.8 Å². The summed E-state index contributed by atoms with van der Waals surface area (Å²) < 4.78 is 17.7. The summed E-state index contributed by atoms with van der Waals surface area (Å²) in [6.07, 6.45) is 5.63. The molecule has 0 fully saturated rings. The van der Waals surface area contributed by atoms with Gasteiger partial charge < -0.3 is 9.47 Å². The van der Waals surface area contributed by atoms with Crippen molar-refractivity contribution in [2.45, 2.75) is 33.4 Å². The van der Waals surface area contributed by atoms with Gasteiger partial charge in [0.25, 0.3) is 5.91 Å². The zero-order valence-electron chi connectivity index (χ0n) is 20.7. The molecule has 0 N–H and O–H groups in total. The van der Waals surface area contributed by atoms with E-state index in [1.165, 1.54) is 28.1 Å². The molecule has 1 aliphatic rings. The summed E-state index contributed by atoms with van der Waals surface area (Å²) >= 11 is 0. The van der Waals surface area contributed by atoms with Gasteiger partial charge in [-0.2, -0.15) is 0 Å². The van der Waals surface area contributed by atoms with Gasteiger partial charge in [-0.3, -0.25) is 9.36 Å². The molecule has 2 aromatic carbocycles. The van der Waals surface area contributed by atoms with E-state index in [4.69, 9.17) is 4.98 Å². The standard InChI is InChI=1S/C29H26FN5O.ClH/c1-19-20(2)35(16-21-6-5-9-24(30)14-21)27-25(19)15-26(29(36)34-13-11-31-18-34)32-28(27)33-12-10-22-7-3-4-8-23(22)17-33;/h3-9,11,13-15,18H,10,12,16-17H2,1-2H3;1H. The third-order valence-corrected chi connectivity index (χ3v) is 7.21. The molecule has 3 aromatic heterocycles. The van der Waals surface area contributed by atoms with Crippen LogP contribution in [0.5, 0.6) is 0 Å². The Morgan fingerprint density at radius 2 is 1.86 bits per heavy atom. The second-order valence-corrected chi connectivity index (χ2v) is 9.37. The minimum Gasteiger partial charge on any atom is -0.350 e. The van der Waals surface area contributed by atoms with Crippen LogP contribution in [0.3, 0.4) is 0 Å². The van der Waals surface area contributed by atoms with Gasteiger partial charge in [0.1, 0.15) is 17.8 Å². The number of anilines is 1. The lowest BCUT2D eigenvalue weighted by Crippen LogP contribution is -2.32. The Morgan fingerprint density at radius 1 is 1.05 bits per heavy atom. The first-order valence-electron chi connectivity index (χ1n) is 12.1. The van der Waals surface area contributed by atoms with Gasteiger partial charge in [0.15, 0.2) is 5.82 Å². The predicted octanol–water partition coefficient (Wildman–Crippen LogP) is 5.71. The first kappa shape index (κ1) is 24.7. The highest BCUT2D eigenvalue weighted by Crippen LogP contribution is 2.35. The molecular weight excluding hydrogens is 489 g/mol. The molecule has 0 radical (unpaired) electrons. The zero-order chi connectivity index (χ0) is 24.8. The molecule has 4 heterocycles. The van der Waals surface area contributed by atoms with Gasteiger partial charge in [-0.15, -0.1) is 12.4 Å². The molecule has 0 saturated carbocycles. The average molecular weight is 516 g/mol. The fourth-order valence-corrected chi connectivity index (χ4v) is 5.18. The maximum Gasteiger partial charge on any atom is 0.281 e. The molecule has 5 aromatic rings. The Labute approximate surface area is 220 Å². The van der Waals surface area contributed by atoms with Crippen LogP contribution in [-0.2, 0) is 19.5 Å². The molecule has 0 unspecified atom stereocenters. The summed E-state index contributed by atoms with van der Waals surface area (Å²) in [5, 5.41) is 0.983. The van der Waals surface area contributed by atoms with E-state index in [1.807, 2.05) is 12.1 Å². The van der Waals surface area contributed by atoms with E-state index in [-0.39, 0.29) is 24.1 Å². The van der Waals surface area contributed by atoms with E-state index in [0.717, 1.165) is 46.5 Å². The van der Waals surface area contributed by atoms with Crippen molar-refractivity contribution >= 4 is 35.0 Å². The van der Waals surface area contributed by atoms with E-state index in [9.17, 15) is 9.18 Å². The van der Waals surface area contributed by atoms with Crippen LogP contribution in [0.25, 0.3) is 10.9 Å². The predicted molar refractivity (Wildman–Crippen MR) is 145 cm³/mol. The first-order valence-corrected chi connectivity index (χ1v) is 12.1. The number of carbonyl (C=O) groups excluding carboxylic acids is 1. The number of imidazole rings is 1. The summed E-state index contributed by atoms with van der Waals surface area (Å²) in [5.41, 5.74) is 6.99. The van der Waals surface area contributed by atoms with Crippen molar-refractivity contribution in [3.63, 3.8) is 0 Å². The molecule has 0 aliphatic carbocycles. The maximum absolute atomic E-state index is 14.0. The Morgan fingerprint density at radius 3 is 2.62 bits per heavy atom. The summed E-state index contributed by atoms with van der Waals surface area (Å²) in [5.74, 6) is 0.304. The number of fused-ring (bicyclic) bond motifs is 2. The van der Waals surface area contributed by atoms with E-state index >= 15 is 0 Å².